The molecule has 0 aromatic carbocycles. The number of allylic oxidation sites excluding steroid dienone is 4. The fourth-order valence-corrected chi connectivity index (χ4v) is 3.76. The van der Waals surface area contributed by atoms with Crippen molar-refractivity contribution in [2.24, 2.45) is 0 Å². The van der Waals surface area contributed by atoms with E-state index in [4.69, 9.17) is 14.2 Å². The summed E-state index contributed by atoms with van der Waals surface area (Å²) in [6.45, 7) is 4.86. The Labute approximate surface area is 228 Å². The zero-order valence-electron chi connectivity index (χ0n) is 23.5. The number of amides is 3. The lowest BCUT2D eigenvalue weighted by molar-refractivity contribution is -0.145. The van der Waals surface area contributed by atoms with Crippen molar-refractivity contribution in [1.82, 2.24) is 16.0 Å². The number of ether oxygens (including phenoxy) is 3. The molecule has 0 fully saturated rings. The highest BCUT2D eigenvalue weighted by Crippen LogP contribution is 2.28. The third-order valence-electron chi connectivity index (χ3n) is 6.06. The molecule has 1 aliphatic carbocycles. The normalized spacial score (nSPS) is 14.6. The molecular formula is C27H39N3O9. The zero-order chi connectivity index (χ0) is 29.5. The van der Waals surface area contributed by atoms with Gasteiger partial charge in [-0.05, 0) is 46.0 Å². The Morgan fingerprint density at radius 3 is 2.10 bits per heavy atom. The van der Waals surface area contributed by atoms with Crippen LogP contribution in [0.2, 0.25) is 0 Å². The summed E-state index contributed by atoms with van der Waals surface area (Å²) in [6, 6.07) is -0.846. The van der Waals surface area contributed by atoms with Gasteiger partial charge in [-0.2, -0.15) is 0 Å². The maximum Gasteiger partial charge on any atom is 0.328 e. The number of esters is 1. The lowest BCUT2D eigenvalue weighted by Crippen LogP contribution is -2.45. The molecule has 0 spiro atoms. The fraction of sp³-hybridized carbons (Fsp3) is 0.556. The number of unbranched alkanes of at least 4 members (excludes halogenated alkanes) is 1. The van der Waals surface area contributed by atoms with E-state index in [1.807, 2.05) is 13.0 Å². The van der Waals surface area contributed by atoms with Gasteiger partial charge in [-0.1, -0.05) is 11.6 Å². The first kappa shape index (κ1) is 33.1. The third kappa shape index (κ3) is 10.7. The van der Waals surface area contributed by atoms with Crippen LogP contribution in [0.5, 0.6) is 0 Å². The van der Waals surface area contributed by atoms with Gasteiger partial charge in [0.05, 0.1) is 27.9 Å². The number of nitrogens with one attached hydrogen (secondary N) is 3. The Morgan fingerprint density at radius 2 is 1.51 bits per heavy atom. The van der Waals surface area contributed by atoms with Crippen LogP contribution in [0.15, 0.2) is 34.3 Å². The van der Waals surface area contributed by atoms with Crippen LogP contribution < -0.4 is 16.0 Å². The van der Waals surface area contributed by atoms with Crippen molar-refractivity contribution in [3.63, 3.8) is 0 Å². The number of carbonyl (C=O) groups excluding carboxylic acids is 6. The zero-order valence-corrected chi connectivity index (χ0v) is 23.5. The molecule has 0 bridgehead atoms. The number of carbonyl (C=O) groups is 6. The van der Waals surface area contributed by atoms with Gasteiger partial charge in [-0.3, -0.25) is 24.0 Å². The monoisotopic (exact) mass is 549 g/mol. The average molecular weight is 550 g/mol. The summed E-state index contributed by atoms with van der Waals surface area (Å²) in [5.74, 6) is -2.59. The predicted molar refractivity (Wildman–Crippen MR) is 141 cm³/mol. The molecular weight excluding hydrogens is 510 g/mol. The minimum atomic E-state index is -0.846. The van der Waals surface area contributed by atoms with Gasteiger partial charge in [-0.25, -0.2) is 4.79 Å². The molecule has 0 unspecified atom stereocenters. The quantitative estimate of drug-likeness (QED) is 0.111. The standard InChI is InChI=1S/C27H39N3O9/c1-16(10-12-19-17(2)23(34)25(37-4)26(38-5)24(19)35)11-13-21(32)28-14-8-7-9-20(27(36)39-6)30-22(33)15-29-18(3)31/h10,20H,7-9,11-15H2,1-6H3,(H,28,32)(H,29,31)(H,30,33)/b16-10+/t20-/m0/s1. The number of hydrogen-bond acceptors (Lipinski definition) is 9. The number of Topliss-reactive ketones (excluding diaryl/α,β-unsaturated/α-hetero) is 2. The molecule has 3 N–H and O–H groups in total. The van der Waals surface area contributed by atoms with E-state index in [1.54, 1.807) is 6.92 Å². The SMILES string of the molecule is COC(=O)[C@H](CCCCNC(=O)CC/C(C)=C/CC1=C(C)C(=O)C(OC)=C(OC)C1=O)NC(=O)CNC(C)=O. The van der Waals surface area contributed by atoms with Crippen LogP contribution in [0.1, 0.15) is 59.3 Å². The largest absolute Gasteiger partial charge is 0.489 e. The first-order valence-corrected chi connectivity index (χ1v) is 12.6. The molecule has 1 aliphatic rings. The van der Waals surface area contributed by atoms with E-state index in [0.717, 1.165) is 5.57 Å². The van der Waals surface area contributed by atoms with Gasteiger partial charge in [0.25, 0.3) is 0 Å². The molecule has 12 heteroatoms. The average Bonchev–Trinajstić information content (AvgIpc) is 2.90. The molecule has 0 saturated heterocycles. The Balaban J connectivity index is 2.46. The summed E-state index contributed by atoms with van der Waals surface area (Å²) in [6.07, 6.45) is 4.21. The van der Waals surface area contributed by atoms with Crippen LogP contribution in [0.4, 0.5) is 0 Å². The first-order chi connectivity index (χ1) is 18.5. The van der Waals surface area contributed by atoms with E-state index >= 15 is 0 Å². The maximum atomic E-state index is 12.7. The maximum absolute atomic E-state index is 12.7. The van der Waals surface area contributed by atoms with E-state index < -0.39 is 23.7 Å². The molecule has 39 heavy (non-hydrogen) atoms. The van der Waals surface area contributed by atoms with Gasteiger partial charge in [0, 0.05) is 31.0 Å². The van der Waals surface area contributed by atoms with Crippen LogP contribution in [0.3, 0.4) is 0 Å². The molecule has 3 amide bonds. The summed E-state index contributed by atoms with van der Waals surface area (Å²) >= 11 is 0. The fourth-order valence-electron chi connectivity index (χ4n) is 3.76. The molecule has 0 aliphatic heterocycles. The van der Waals surface area contributed by atoms with Crippen molar-refractivity contribution in [3.05, 3.63) is 34.3 Å². The number of methoxy groups -OCH3 is 3. The molecule has 216 valence electrons. The van der Waals surface area contributed by atoms with E-state index in [0.29, 0.717) is 43.4 Å². The number of rotatable bonds is 16. The molecule has 0 heterocycles. The summed E-state index contributed by atoms with van der Waals surface area (Å²) in [5, 5.41) is 7.70. The molecule has 0 saturated carbocycles. The van der Waals surface area contributed by atoms with Crippen molar-refractivity contribution in [2.75, 3.05) is 34.4 Å². The van der Waals surface area contributed by atoms with Gasteiger partial charge in [0.15, 0.2) is 0 Å². The van der Waals surface area contributed by atoms with Crippen molar-refractivity contribution in [1.29, 1.82) is 0 Å². The smallest absolute Gasteiger partial charge is 0.328 e. The van der Waals surface area contributed by atoms with E-state index in [2.05, 4.69) is 16.0 Å². The molecule has 0 radical (unpaired) electrons. The van der Waals surface area contributed by atoms with Crippen molar-refractivity contribution in [3.8, 4) is 0 Å². The van der Waals surface area contributed by atoms with Crippen molar-refractivity contribution in [2.45, 2.75) is 65.3 Å². The summed E-state index contributed by atoms with van der Waals surface area (Å²) in [7, 11) is 3.84. The molecule has 0 aromatic rings. The molecule has 0 aromatic heterocycles. The molecule has 12 nitrogen and oxygen atoms in total. The highest BCUT2D eigenvalue weighted by molar-refractivity contribution is 6.23. The first-order valence-electron chi connectivity index (χ1n) is 12.6. The van der Waals surface area contributed by atoms with E-state index in [9.17, 15) is 28.8 Å². The van der Waals surface area contributed by atoms with Crippen LogP contribution in [0.25, 0.3) is 0 Å². The molecule has 1 rings (SSSR count). The minimum Gasteiger partial charge on any atom is -0.489 e. The molecule has 1 atom stereocenters. The lowest BCUT2D eigenvalue weighted by Gasteiger charge is -2.19. The van der Waals surface area contributed by atoms with Gasteiger partial charge in [0.2, 0.25) is 40.8 Å². The van der Waals surface area contributed by atoms with E-state index in [1.165, 1.54) is 28.3 Å². The van der Waals surface area contributed by atoms with Gasteiger partial charge >= 0.3 is 5.97 Å². The van der Waals surface area contributed by atoms with Gasteiger partial charge in [-0.15, -0.1) is 0 Å². The lowest BCUT2D eigenvalue weighted by atomic mass is 9.90. The van der Waals surface area contributed by atoms with Crippen molar-refractivity contribution < 1.29 is 43.0 Å². The predicted octanol–water partition coefficient (Wildman–Crippen LogP) is 1.16. The topological polar surface area (TPSA) is 166 Å². The highest BCUT2D eigenvalue weighted by atomic mass is 16.5. The third-order valence-corrected chi connectivity index (χ3v) is 6.06. The Morgan fingerprint density at radius 1 is 0.872 bits per heavy atom. The Bertz CT molecular complexity index is 1060. The summed E-state index contributed by atoms with van der Waals surface area (Å²) in [4.78, 5) is 72.1. The second-order valence-electron chi connectivity index (χ2n) is 8.98. The second kappa shape index (κ2) is 16.8. The summed E-state index contributed by atoms with van der Waals surface area (Å²) in [5.41, 5.74) is 1.53. The Kier molecular flexibility index (Phi) is 14.2. The van der Waals surface area contributed by atoms with Gasteiger partial charge in [0.1, 0.15) is 6.04 Å². The number of hydrogen-bond donors (Lipinski definition) is 3. The van der Waals surface area contributed by atoms with Crippen LogP contribution in [-0.4, -0.2) is 75.7 Å². The summed E-state index contributed by atoms with van der Waals surface area (Å²) < 4.78 is 14.8. The van der Waals surface area contributed by atoms with Crippen molar-refractivity contribution >= 4 is 35.3 Å². The van der Waals surface area contributed by atoms with Crippen LogP contribution >= 0.6 is 0 Å². The van der Waals surface area contributed by atoms with Crippen LogP contribution in [0, 0.1) is 0 Å². The number of ketones is 2. The Hall–Kier alpha value is -3.96. The van der Waals surface area contributed by atoms with Crippen LogP contribution in [-0.2, 0) is 43.0 Å². The highest BCUT2D eigenvalue weighted by Gasteiger charge is 2.34. The van der Waals surface area contributed by atoms with Gasteiger partial charge < -0.3 is 30.2 Å². The minimum absolute atomic E-state index is 0.103. The second-order valence-corrected chi connectivity index (χ2v) is 8.98. The van der Waals surface area contributed by atoms with E-state index in [-0.39, 0.29) is 48.5 Å².